The minimum Gasteiger partial charge on any atom is -0.469 e. The van der Waals surface area contributed by atoms with Gasteiger partial charge in [0, 0.05) is 6.42 Å². The number of allylic oxidation sites excluding steroid dienone is 3. The summed E-state index contributed by atoms with van der Waals surface area (Å²) in [5.74, 6) is -0.0958. The number of unbranched alkanes of at least 4 members (excludes halogenated alkanes) is 5. The zero-order valence-electron chi connectivity index (χ0n) is 17.6. The molecule has 0 aliphatic rings. The van der Waals surface area contributed by atoms with Crippen molar-refractivity contribution in [3.8, 4) is 0 Å². The summed E-state index contributed by atoms with van der Waals surface area (Å²) in [6.07, 6.45) is 16.1. The average Bonchev–Trinajstić information content (AvgIpc) is 2.50. The summed E-state index contributed by atoms with van der Waals surface area (Å²) in [6.45, 7) is 13.5. The molecule has 1 atom stereocenters. The summed E-state index contributed by atoms with van der Waals surface area (Å²) in [5.41, 5.74) is 0. The SMILES string of the molecule is COC(=O)CCCCCCC/C=C/C=C/C(C)O[Si](C)(C)C(C)(C)C. The third-order valence-corrected chi connectivity index (χ3v) is 9.47. The quantitative estimate of drug-likeness (QED) is 0.173. The van der Waals surface area contributed by atoms with Gasteiger partial charge in [0.1, 0.15) is 0 Å². The highest BCUT2D eigenvalue weighted by Crippen LogP contribution is 2.37. The minimum absolute atomic E-state index is 0.0958. The molecule has 0 aromatic carbocycles. The van der Waals surface area contributed by atoms with Crippen molar-refractivity contribution in [2.24, 2.45) is 0 Å². The fourth-order valence-corrected chi connectivity index (χ4v) is 3.60. The zero-order chi connectivity index (χ0) is 19.3. The Balaban J connectivity index is 3.77. The van der Waals surface area contributed by atoms with Gasteiger partial charge in [-0.2, -0.15) is 0 Å². The van der Waals surface area contributed by atoms with E-state index in [9.17, 15) is 4.79 Å². The lowest BCUT2D eigenvalue weighted by Crippen LogP contribution is -2.42. The Morgan fingerprint density at radius 2 is 1.64 bits per heavy atom. The van der Waals surface area contributed by atoms with E-state index in [0.717, 1.165) is 19.3 Å². The van der Waals surface area contributed by atoms with Gasteiger partial charge in [-0.25, -0.2) is 0 Å². The van der Waals surface area contributed by atoms with E-state index in [1.807, 2.05) is 0 Å². The van der Waals surface area contributed by atoms with Crippen molar-refractivity contribution in [2.75, 3.05) is 7.11 Å². The Morgan fingerprint density at radius 1 is 1.04 bits per heavy atom. The van der Waals surface area contributed by atoms with Gasteiger partial charge in [-0.3, -0.25) is 4.79 Å². The molecular formula is C21H40O3Si. The molecule has 0 spiro atoms. The van der Waals surface area contributed by atoms with Crippen molar-refractivity contribution in [3.63, 3.8) is 0 Å². The summed E-state index contributed by atoms with van der Waals surface area (Å²) < 4.78 is 10.9. The van der Waals surface area contributed by atoms with Crippen molar-refractivity contribution in [1.29, 1.82) is 0 Å². The van der Waals surface area contributed by atoms with E-state index in [4.69, 9.17) is 4.43 Å². The molecule has 0 fully saturated rings. The maximum atomic E-state index is 11.0. The lowest BCUT2D eigenvalue weighted by atomic mass is 10.1. The highest BCUT2D eigenvalue weighted by Gasteiger charge is 2.37. The van der Waals surface area contributed by atoms with E-state index in [1.54, 1.807) is 0 Å². The molecule has 0 amide bonds. The summed E-state index contributed by atoms with van der Waals surface area (Å²) >= 11 is 0. The third kappa shape index (κ3) is 12.2. The monoisotopic (exact) mass is 368 g/mol. The topological polar surface area (TPSA) is 35.5 Å². The first-order valence-electron chi connectivity index (χ1n) is 9.68. The van der Waals surface area contributed by atoms with Crippen LogP contribution in [-0.4, -0.2) is 27.5 Å². The molecule has 0 saturated carbocycles. The van der Waals surface area contributed by atoms with E-state index >= 15 is 0 Å². The summed E-state index contributed by atoms with van der Waals surface area (Å²) in [5, 5.41) is 0.252. The second-order valence-electron chi connectivity index (χ2n) is 8.28. The van der Waals surface area contributed by atoms with Crippen LogP contribution in [0.2, 0.25) is 18.1 Å². The lowest BCUT2D eigenvalue weighted by Gasteiger charge is -2.37. The van der Waals surface area contributed by atoms with Crippen LogP contribution in [0.5, 0.6) is 0 Å². The van der Waals surface area contributed by atoms with Crippen LogP contribution < -0.4 is 0 Å². The highest BCUT2D eigenvalue weighted by atomic mass is 28.4. The Labute approximate surface area is 157 Å². The van der Waals surface area contributed by atoms with Gasteiger partial charge < -0.3 is 9.16 Å². The van der Waals surface area contributed by atoms with Gasteiger partial charge in [-0.1, -0.05) is 64.3 Å². The number of methoxy groups -OCH3 is 1. The number of carbonyl (C=O) groups is 1. The molecule has 0 heterocycles. The van der Waals surface area contributed by atoms with Crippen molar-refractivity contribution in [3.05, 3.63) is 24.3 Å². The predicted molar refractivity (Wildman–Crippen MR) is 110 cm³/mol. The summed E-state index contributed by atoms with van der Waals surface area (Å²) in [7, 11) is -0.231. The molecule has 0 saturated heterocycles. The first-order chi connectivity index (χ1) is 11.6. The van der Waals surface area contributed by atoms with Gasteiger partial charge >= 0.3 is 5.97 Å². The van der Waals surface area contributed by atoms with Crippen LogP contribution in [0, 0.1) is 0 Å². The Hall–Kier alpha value is -0.873. The average molecular weight is 369 g/mol. The van der Waals surface area contributed by atoms with Crippen LogP contribution in [0.15, 0.2) is 24.3 Å². The number of ether oxygens (including phenoxy) is 1. The lowest BCUT2D eigenvalue weighted by molar-refractivity contribution is -0.140. The van der Waals surface area contributed by atoms with Gasteiger partial charge in [-0.15, -0.1) is 0 Å². The number of esters is 1. The third-order valence-electron chi connectivity index (χ3n) is 4.90. The van der Waals surface area contributed by atoms with Gasteiger partial charge in [0.05, 0.1) is 13.2 Å². The van der Waals surface area contributed by atoms with E-state index in [-0.39, 0.29) is 17.1 Å². The van der Waals surface area contributed by atoms with E-state index in [1.165, 1.54) is 26.4 Å². The Kier molecular flexibility index (Phi) is 12.0. The number of carbonyl (C=O) groups excluding carboxylic acids is 1. The molecule has 0 aliphatic heterocycles. The van der Waals surface area contributed by atoms with Crippen molar-refractivity contribution in [1.82, 2.24) is 0 Å². The van der Waals surface area contributed by atoms with Crippen LogP contribution in [0.25, 0.3) is 0 Å². The smallest absolute Gasteiger partial charge is 0.305 e. The summed E-state index contributed by atoms with van der Waals surface area (Å²) in [4.78, 5) is 11.0. The maximum Gasteiger partial charge on any atom is 0.305 e. The van der Waals surface area contributed by atoms with Gasteiger partial charge in [0.25, 0.3) is 0 Å². The Morgan fingerprint density at radius 3 is 2.24 bits per heavy atom. The largest absolute Gasteiger partial charge is 0.469 e. The molecule has 1 unspecified atom stereocenters. The molecule has 0 bridgehead atoms. The predicted octanol–water partition coefficient (Wildman–Crippen LogP) is 6.41. The minimum atomic E-state index is -1.68. The van der Waals surface area contributed by atoms with E-state index in [0.29, 0.717) is 6.42 Å². The Bertz CT molecular complexity index is 419. The number of hydrogen-bond donors (Lipinski definition) is 0. The van der Waals surface area contributed by atoms with Gasteiger partial charge in [0.2, 0.25) is 0 Å². The van der Waals surface area contributed by atoms with Gasteiger partial charge in [-0.05, 0) is 44.3 Å². The van der Waals surface area contributed by atoms with Crippen molar-refractivity contribution in [2.45, 2.75) is 96.9 Å². The van der Waals surface area contributed by atoms with Crippen molar-refractivity contribution >= 4 is 14.3 Å². The van der Waals surface area contributed by atoms with Crippen LogP contribution >= 0.6 is 0 Å². The fourth-order valence-electron chi connectivity index (χ4n) is 2.24. The van der Waals surface area contributed by atoms with Crippen LogP contribution in [0.4, 0.5) is 0 Å². The zero-order valence-corrected chi connectivity index (χ0v) is 18.6. The second kappa shape index (κ2) is 12.5. The van der Waals surface area contributed by atoms with E-state index in [2.05, 4.69) is 69.8 Å². The first-order valence-corrected chi connectivity index (χ1v) is 12.6. The second-order valence-corrected chi connectivity index (χ2v) is 13.0. The standard InChI is InChI=1S/C21H40O3Si/c1-19(24-25(6,7)21(2,3)4)17-15-13-11-9-8-10-12-14-16-18-20(22)23-5/h11,13,15,17,19H,8-10,12,14,16,18H2,1-7H3/b13-11+,17-15+. The molecule has 0 aromatic rings. The fraction of sp³-hybridized carbons (Fsp3) is 0.762. The molecule has 0 radical (unpaired) electrons. The van der Waals surface area contributed by atoms with Crippen LogP contribution in [-0.2, 0) is 14.0 Å². The maximum absolute atomic E-state index is 11.0. The van der Waals surface area contributed by atoms with Crippen LogP contribution in [0.1, 0.15) is 72.6 Å². The molecule has 25 heavy (non-hydrogen) atoms. The number of hydrogen-bond acceptors (Lipinski definition) is 3. The number of rotatable bonds is 12. The molecule has 4 heteroatoms. The van der Waals surface area contributed by atoms with E-state index < -0.39 is 8.32 Å². The molecular weight excluding hydrogens is 328 g/mol. The highest BCUT2D eigenvalue weighted by molar-refractivity contribution is 6.74. The van der Waals surface area contributed by atoms with Crippen LogP contribution in [0.3, 0.4) is 0 Å². The molecule has 0 aromatic heterocycles. The molecule has 146 valence electrons. The van der Waals surface area contributed by atoms with Gasteiger partial charge in [0.15, 0.2) is 8.32 Å². The molecule has 0 N–H and O–H groups in total. The summed E-state index contributed by atoms with van der Waals surface area (Å²) in [6, 6.07) is 0. The first kappa shape index (κ1) is 24.1. The van der Waals surface area contributed by atoms with Crippen molar-refractivity contribution < 1.29 is 14.0 Å². The normalized spacial score (nSPS) is 14.4. The molecule has 0 aliphatic carbocycles. The molecule has 0 rings (SSSR count). The molecule has 3 nitrogen and oxygen atoms in total.